The largest absolute Gasteiger partial charge is 0.495 e. The molecule has 10 heteroatoms. The minimum absolute atomic E-state index is 0.0910. The molecule has 0 aromatic heterocycles. The van der Waals surface area contributed by atoms with Gasteiger partial charge in [-0.25, -0.2) is 0 Å². The average Bonchev–Trinajstić information content (AvgIpc) is 3.20. The predicted molar refractivity (Wildman–Crippen MR) is 107 cm³/mol. The van der Waals surface area contributed by atoms with Crippen molar-refractivity contribution in [3.63, 3.8) is 0 Å². The summed E-state index contributed by atoms with van der Waals surface area (Å²) in [6.07, 6.45) is -1.11. The molecule has 2 aromatic carbocycles. The van der Waals surface area contributed by atoms with Crippen LogP contribution in [0.5, 0.6) is 17.2 Å². The van der Waals surface area contributed by atoms with Crippen LogP contribution >= 0.6 is 11.6 Å². The molecule has 30 heavy (non-hydrogen) atoms. The van der Waals surface area contributed by atoms with E-state index in [9.17, 15) is 14.4 Å². The summed E-state index contributed by atoms with van der Waals surface area (Å²) in [5.74, 6) is -0.446. The van der Waals surface area contributed by atoms with Gasteiger partial charge in [-0.05, 0) is 43.3 Å². The van der Waals surface area contributed by atoms with Crippen LogP contribution in [0.4, 0.5) is 5.69 Å². The predicted octanol–water partition coefficient (Wildman–Crippen LogP) is 2.38. The van der Waals surface area contributed by atoms with Crippen molar-refractivity contribution < 1.29 is 33.3 Å². The molecule has 2 aromatic rings. The maximum atomic E-state index is 12.3. The lowest BCUT2D eigenvalue weighted by molar-refractivity contribution is -0.152. The molecule has 0 aliphatic carbocycles. The lowest BCUT2D eigenvalue weighted by Gasteiger charge is -2.15. The van der Waals surface area contributed by atoms with Crippen LogP contribution in [0.3, 0.4) is 0 Å². The van der Waals surface area contributed by atoms with Crippen molar-refractivity contribution in [3.8, 4) is 17.2 Å². The number of esters is 1. The van der Waals surface area contributed by atoms with Gasteiger partial charge in [-0.3, -0.25) is 14.4 Å². The SMILES string of the molecule is COc1ccc(Cl)cc1NC(=O)C(C)OC(=O)CNC(=O)c1ccc2c(c1)OCO2. The number of methoxy groups -OCH3 is 1. The second-order valence-corrected chi connectivity index (χ2v) is 6.65. The standard InChI is InChI=1S/C20H19ClN2O7/c1-11(19(25)23-14-8-13(21)4-6-15(14)27-2)30-18(24)9-22-20(26)12-3-5-16-17(7-12)29-10-28-16/h3-8,11H,9-10H2,1-2H3,(H,22,26)(H,23,25). The van der Waals surface area contributed by atoms with E-state index in [1.165, 1.54) is 26.2 Å². The Morgan fingerprint density at radius 1 is 1.13 bits per heavy atom. The molecule has 1 aliphatic heterocycles. The highest BCUT2D eigenvalue weighted by Gasteiger charge is 2.21. The quantitative estimate of drug-likeness (QED) is 0.643. The zero-order valence-electron chi connectivity index (χ0n) is 16.2. The molecular weight excluding hydrogens is 416 g/mol. The number of carbonyl (C=O) groups is 3. The van der Waals surface area contributed by atoms with E-state index in [-0.39, 0.29) is 6.79 Å². The average molecular weight is 435 g/mol. The molecule has 9 nitrogen and oxygen atoms in total. The number of nitrogens with one attached hydrogen (secondary N) is 2. The van der Waals surface area contributed by atoms with Gasteiger partial charge in [0.2, 0.25) is 6.79 Å². The van der Waals surface area contributed by atoms with Gasteiger partial charge in [0.15, 0.2) is 17.6 Å². The third kappa shape index (κ3) is 5.12. The van der Waals surface area contributed by atoms with Gasteiger partial charge in [0.1, 0.15) is 12.3 Å². The minimum atomic E-state index is -1.11. The molecule has 0 fully saturated rings. The first-order valence-corrected chi connectivity index (χ1v) is 9.27. The molecule has 2 amide bonds. The molecule has 0 spiro atoms. The van der Waals surface area contributed by atoms with Crippen LogP contribution in [0.25, 0.3) is 0 Å². The van der Waals surface area contributed by atoms with Gasteiger partial charge in [-0.15, -0.1) is 0 Å². The molecule has 0 bridgehead atoms. The van der Waals surface area contributed by atoms with E-state index in [1.54, 1.807) is 24.3 Å². The molecule has 1 heterocycles. The highest BCUT2D eigenvalue weighted by atomic mass is 35.5. The molecule has 1 aliphatic rings. The van der Waals surface area contributed by atoms with Gasteiger partial charge >= 0.3 is 5.97 Å². The number of carbonyl (C=O) groups excluding carboxylic acids is 3. The van der Waals surface area contributed by atoms with Crippen molar-refractivity contribution >= 4 is 35.1 Å². The number of anilines is 1. The Morgan fingerprint density at radius 3 is 2.67 bits per heavy atom. The smallest absolute Gasteiger partial charge is 0.326 e. The van der Waals surface area contributed by atoms with E-state index in [1.807, 2.05) is 0 Å². The van der Waals surface area contributed by atoms with Crippen LogP contribution in [0, 0.1) is 0 Å². The second-order valence-electron chi connectivity index (χ2n) is 6.22. The van der Waals surface area contributed by atoms with Gasteiger partial charge in [-0.1, -0.05) is 11.6 Å². The Hall–Kier alpha value is -3.46. The maximum Gasteiger partial charge on any atom is 0.326 e. The molecule has 158 valence electrons. The summed E-state index contributed by atoms with van der Waals surface area (Å²) < 4.78 is 20.6. The van der Waals surface area contributed by atoms with E-state index >= 15 is 0 Å². The van der Waals surface area contributed by atoms with Gasteiger partial charge in [-0.2, -0.15) is 0 Å². The van der Waals surface area contributed by atoms with Crippen molar-refractivity contribution in [2.45, 2.75) is 13.0 Å². The van der Waals surface area contributed by atoms with Crippen molar-refractivity contribution in [1.82, 2.24) is 5.32 Å². The van der Waals surface area contributed by atoms with Crippen LogP contribution in [-0.4, -0.2) is 44.3 Å². The zero-order valence-corrected chi connectivity index (χ0v) is 16.9. The Kier molecular flexibility index (Phi) is 6.63. The van der Waals surface area contributed by atoms with E-state index in [0.717, 1.165) is 0 Å². The van der Waals surface area contributed by atoms with Crippen LogP contribution in [-0.2, 0) is 14.3 Å². The van der Waals surface area contributed by atoms with Gasteiger partial charge in [0.05, 0.1) is 12.8 Å². The summed E-state index contributed by atoms with van der Waals surface area (Å²) in [4.78, 5) is 36.5. The van der Waals surface area contributed by atoms with Crippen molar-refractivity contribution in [2.75, 3.05) is 25.8 Å². The normalized spacial score (nSPS) is 12.6. The van der Waals surface area contributed by atoms with E-state index < -0.39 is 30.4 Å². The number of benzene rings is 2. The Bertz CT molecular complexity index is 980. The highest BCUT2D eigenvalue weighted by Crippen LogP contribution is 2.32. The lowest BCUT2D eigenvalue weighted by atomic mass is 10.2. The topological polar surface area (TPSA) is 112 Å². The molecule has 3 rings (SSSR count). The third-order valence-corrected chi connectivity index (χ3v) is 4.36. The first-order valence-electron chi connectivity index (χ1n) is 8.89. The monoisotopic (exact) mass is 434 g/mol. The summed E-state index contributed by atoms with van der Waals surface area (Å²) >= 11 is 5.93. The third-order valence-electron chi connectivity index (χ3n) is 4.12. The Labute approximate surface area is 177 Å². The number of halogens is 1. The molecule has 0 saturated heterocycles. The molecule has 0 saturated carbocycles. The van der Waals surface area contributed by atoms with Gasteiger partial charge in [0.25, 0.3) is 11.8 Å². The number of fused-ring (bicyclic) bond motifs is 1. The molecule has 0 radical (unpaired) electrons. The second kappa shape index (κ2) is 9.36. The Morgan fingerprint density at radius 2 is 1.90 bits per heavy atom. The zero-order chi connectivity index (χ0) is 21.7. The Balaban J connectivity index is 1.50. The van der Waals surface area contributed by atoms with E-state index in [0.29, 0.717) is 33.5 Å². The fourth-order valence-electron chi connectivity index (χ4n) is 2.60. The number of ether oxygens (including phenoxy) is 4. The number of rotatable bonds is 7. The minimum Gasteiger partial charge on any atom is -0.495 e. The van der Waals surface area contributed by atoms with Crippen LogP contribution in [0.2, 0.25) is 5.02 Å². The van der Waals surface area contributed by atoms with Crippen LogP contribution in [0.15, 0.2) is 36.4 Å². The molecular formula is C20H19ClN2O7. The summed E-state index contributed by atoms with van der Waals surface area (Å²) in [5, 5.41) is 5.42. The highest BCUT2D eigenvalue weighted by molar-refractivity contribution is 6.31. The van der Waals surface area contributed by atoms with E-state index in [2.05, 4.69) is 10.6 Å². The van der Waals surface area contributed by atoms with Crippen molar-refractivity contribution in [3.05, 3.63) is 47.0 Å². The first-order chi connectivity index (χ1) is 14.4. The molecule has 1 atom stereocenters. The van der Waals surface area contributed by atoms with Crippen LogP contribution in [0.1, 0.15) is 17.3 Å². The summed E-state index contributed by atoms with van der Waals surface area (Å²) in [6, 6.07) is 9.38. The molecule has 2 N–H and O–H groups in total. The number of hydrogen-bond acceptors (Lipinski definition) is 7. The van der Waals surface area contributed by atoms with Gasteiger partial charge < -0.3 is 29.6 Å². The van der Waals surface area contributed by atoms with Crippen molar-refractivity contribution in [1.29, 1.82) is 0 Å². The molecule has 1 unspecified atom stereocenters. The fraction of sp³-hybridized carbons (Fsp3) is 0.250. The lowest BCUT2D eigenvalue weighted by Crippen LogP contribution is -2.35. The van der Waals surface area contributed by atoms with Crippen molar-refractivity contribution in [2.24, 2.45) is 0 Å². The van der Waals surface area contributed by atoms with Gasteiger partial charge in [0, 0.05) is 10.6 Å². The van der Waals surface area contributed by atoms with E-state index in [4.69, 9.17) is 30.5 Å². The summed E-state index contributed by atoms with van der Waals surface area (Å²) in [6.45, 7) is 1.09. The summed E-state index contributed by atoms with van der Waals surface area (Å²) in [7, 11) is 1.45. The van der Waals surface area contributed by atoms with Crippen LogP contribution < -0.4 is 24.8 Å². The number of amides is 2. The fourth-order valence-corrected chi connectivity index (χ4v) is 2.77. The first kappa shape index (κ1) is 21.3. The maximum absolute atomic E-state index is 12.3. The number of hydrogen-bond donors (Lipinski definition) is 2. The summed E-state index contributed by atoms with van der Waals surface area (Å²) in [5.41, 5.74) is 0.639.